The molecule has 1 saturated heterocycles. The molecule has 1 aliphatic heterocycles. The Bertz CT molecular complexity index is 1600. The molecule has 2 atom stereocenters. The molecule has 42 heavy (non-hydrogen) atoms. The van der Waals surface area contributed by atoms with Crippen molar-refractivity contribution in [1.82, 2.24) is 19.8 Å². The van der Waals surface area contributed by atoms with Crippen molar-refractivity contribution in [2.24, 2.45) is 0 Å². The molecule has 0 saturated carbocycles. The summed E-state index contributed by atoms with van der Waals surface area (Å²) < 4.78 is 43.6. The molecule has 1 fully saturated rings. The van der Waals surface area contributed by atoms with Crippen molar-refractivity contribution >= 4 is 28.9 Å². The van der Waals surface area contributed by atoms with E-state index in [2.05, 4.69) is 15.6 Å². The molecule has 0 bridgehead atoms. The van der Waals surface area contributed by atoms with Crippen LogP contribution in [0.1, 0.15) is 59.2 Å². The number of aryl methyl sites for hydroxylation is 2. The standard InChI is InChI=1S/C32H32F3N5OS/c1-4-22-11-5-7-13-25(22)37-28(41)16-18-39-30(29(38-31(39)42)26-14-9-10-17-36-26)23-19-20(2)40(21(23)3)27-15-8-6-12-24(27)32(33,34)35/h5-15,17,19,29-30H,4,16,18H2,1-3H3,(H,37,41)(H,38,42)/t29-,30+/m0/s1. The van der Waals surface area contributed by atoms with Crippen molar-refractivity contribution in [3.05, 3.63) is 113 Å². The van der Waals surface area contributed by atoms with Crippen LogP contribution < -0.4 is 10.6 Å². The number of hydrogen-bond donors (Lipinski definition) is 2. The van der Waals surface area contributed by atoms with Crippen LogP contribution in [0.25, 0.3) is 5.69 Å². The molecule has 4 aromatic rings. The summed E-state index contributed by atoms with van der Waals surface area (Å²) in [5.74, 6) is -0.150. The van der Waals surface area contributed by atoms with Crippen molar-refractivity contribution in [2.75, 3.05) is 11.9 Å². The van der Waals surface area contributed by atoms with Crippen molar-refractivity contribution in [1.29, 1.82) is 0 Å². The second-order valence-electron chi connectivity index (χ2n) is 10.3. The quantitative estimate of drug-likeness (QED) is 0.215. The number of para-hydroxylation sites is 2. The van der Waals surface area contributed by atoms with Crippen LogP contribution in [-0.2, 0) is 17.4 Å². The predicted molar refractivity (Wildman–Crippen MR) is 161 cm³/mol. The number of aromatic nitrogens is 2. The Labute approximate surface area is 248 Å². The highest BCUT2D eigenvalue weighted by Crippen LogP contribution is 2.42. The molecule has 1 amide bonds. The van der Waals surface area contributed by atoms with Crippen LogP contribution in [0.5, 0.6) is 0 Å². The molecule has 2 N–H and O–H groups in total. The minimum atomic E-state index is -4.51. The second-order valence-corrected chi connectivity index (χ2v) is 10.7. The first kappa shape index (κ1) is 29.3. The summed E-state index contributed by atoms with van der Waals surface area (Å²) in [4.78, 5) is 19.6. The topological polar surface area (TPSA) is 62.2 Å². The van der Waals surface area contributed by atoms with Crippen molar-refractivity contribution in [3.63, 3.8) is 0 Å². The fourth-order valence-corrected chi connectivity index (χ4v) is 6.07. The summed E-state index contributed by atoms with van der Waals surface area (Å²) in [6, 6.07) is 20.0. The van der Waals surface area contributed by atoms with Crippen LogP contribution in [0, 0.1) is 13.8 Å². The van der Waals surface area contributed by atoms with Gasteiger partial charge in [-0.2, -0.15) is 13.2 Å². The summed E-state index contributed by atoms with van der Waals surface area (Å²) >= 11 is 5.76. The van der Waals surface area contributed by atoms with Gasteiger partial charge in [-0.3, -0.25) is 9.78 Å². The molecular formula is C32H32F3N5OS. The first-order chi connectivity index (χ1) is 20.1. The molecule has 10 heteroatoms. The van der Waals surface area contributed by atoms with Crippen LogP contribution in [0.2, 0.25) is 0 Å². The molecule has 1 aliphatic rings. The van der Waals surface area contributed by atoms with Gasteiger partial charge in [-0.1, -0.05) is 43.3 Å². The van der Waals surface area contributed by atoms with Crippen molar-refractivity contribution < 1.29 is 18.0 Å². The molecular weight excluding hydrogens is 559 g/mol. The van der Waals surface area contributed by atoms with Crippen molar-refractivity contribution in [3.8, 4) is 5.69 Å². The maximum Gasteiger partial charge on any atom is 0.418 e. The number of hydrogen-bond acceptors (Lipinski definition) is 3. The Balaban J connectivity index is 1.51. The number of alkyl halides is 3. The lowest BCUT2D eigenvalue weighted by Gasteiger charge is -2.28. The number of benzene rings is 2. The summed E-state index contributed by atoms with van der Waals surface area (Å²) in [6.07, 6.45) is -1.86. The lowest BCUT2D eigenvalue weighted by Crippen LogP contribution is -2.33. The molecule has 3 heterocycles. The molecule has 0 unspecified atom stereocenters. The second kappa shape index (κ2) is 12.0. The molecule has 2 aromatic heterocycles. The summed E-state index contributed by atoms with van der Waals surface area (Å²) in [5.41, 5.74) is 4.05. The third kappa shape index (κ3) is 5.76. The first-order valence-corrected chi connectivity index (χ1v) is 14.2. The number of rotatable bonds is 8. The zero-order valence-electron chi connectivity index (χ0n) is 23.6. The number of nitrogens with zero attached hydrogens (tertiary/aromatic N) is 3. The van der Waals surface area contributed by atoms with Gasteiger partial charge in [0.2, 0.25) is 5.91 Å². The van der Waals surface area contributed by atoms with Gasteiger partial charge < -0.3 is 20.1 Å². The van der Waals surface area contributed by atoms with Gasteiger partial charge in [0.15, 0.2) is 5.11 Å². The normalized spacial score (nSPS) is 16.9. The monoisotopic (exact) mass is 591 g/mol. The van der Waals surface area contributed by atoms with E-state index in [1.807, 2.05) is 67.3 Å². The van der Waals surface area contributed by atoms with E-state index in [1.165, 1.54) is 12.1 Å². The molecule has 218 valence electrons. The maximum atomic E-state index is 14.0. The largest absolute Gasteiger partial charge is 0.418 e. The van der Waals surface area contributed by atoms with Gasteiger partial charge in [-0.25, -0.2) is 0 Å². The van der Waals surface area contributed by atoms with E-state index >= 15 is 0 Å². The van der Waals surface area contributed by atoms with E-state index in [4.69, 9.17) is 12.2 Å². The van der Waals surface area contributed by atoms with Crippen LogP contribution >= 0.6 is 12.2 Å². The fraction of sp³-hybridized carbons (Fsp3) is 0.281. The van der Waals surface area contributed by atoms with Gasteiger partial charge in [-0.15, -0.1) is 0 Å². The van der Waals surface area contributed by atoms with E-state index in [9.17, 15) is 18.0 Å². The van der Waals surface area contributed by atoms with Gasteiger partial charge in [0.1, 0.15) is 0 Å². The Morgan fingerprint density at radius 1 is 1.05 bits per heavy atom. The van der Waals surface area contributed by atoms with Crippen LogP contribution in [0.3, 0.4) is 0 Å². The molecule has 5 rings (SSSR count). The predicted octanol–water partition coefficient (Wildman–Crippen LogP) is 7.07. The number of carbonyl (C=O) groups is 1. The number of amides is 1. The van der Waals surface area contributed by atoms with Crippen molar-refractivity contribution in [2.45, 2.75) is 51.9 Å². The average molecular weight is 592 g/mol. The Kier molecular flexibility index (Phi) is 8.36. The molecule has 0 spiro atoms. The highest BCUT2D eigenvalue weighted by molar-refractivity contribution is 7.80. The minimum absolute atomic E-state index is 0.0645. The number of carbonyl (C=O) groups excluding carboxylic acids is 1. The number of anilines is 1. The average Bonchev–Trinajstić information content (AvgIpc) is 3.46. The van der Waals surface area contributed by atoms with Gasteiger partial charge in [0.05, 0.1) is 29.0 Å². The van der Waals surface area contributed by atoms with E-state index in [1.54, 1.807) is 23.8 Å². The Hall–Kier alpha value is -4.18. The number of thiocarbonyl (C=S) groups is 1. The van der Waals surface area contributed by atoms with Crippen LogP contribution in [0.4, 0.5) is 18.9 Å². The van der Waals surface area contributed by atoms with Gasteiger partial charge in [-0.05, 0) is 80.0 Å². The lowest BCUT2D eigenvalue weighted by molar-refractivity contribution is -0.137. The summed E-state index contributed by atoms with van der Waals surface area (Å²) in [7, 11) is 0. The summed E-state index contributed by atoms with van der Waals surface area (Å²) in [5, 5.41) is 6.83. The third-order valence-electron chi connectivity index (χ3n) is 7.69. The Morgan fingerprint density at radius 3 is 2.48 bits per heavy atom. The molecule has 0 aliphatic carbocycles. The van der Waals surface area contributed by atoms with Crippen LogP contribution in [0.15, 0.2) is 79.0 Å². The fourth-order valence-electron chi connectivity index (χ4n) is 5.74. The lowest BCUT2D eigenvalue weighted by atomic mass is 9.96. The van der Waals surface area contributed by atoms with Gasteiger partial charge in [0, 0.05) is 36.2 Å². The van der Waals surface area contributed by atoms with E-state index < -0.39 is 17.8 Å². The Morgan fingerprint density at radius 2 is 1.76 bits per heavy atom. The van der Waals surface area contributed by atoms with Crippen LogP contribution in [-0.4, -0.2) is 32.0 Å². The number of halogens is 3. The first-order valence-electron chi connectivity index (χ1n) is 13.8. The number of pyridine rings is 1. The van der Waals surface area contributed by atoms with Gasteiger partial charge in [0.25, 0.3) is 0 Å². The molecule has 0 radical (unpaired) electrons. The third-order valence-corrected chi connectivity index (χ3v) is 8.04. The van der Waals surface area contributed by atoms with E-state index in [0.717, 1.165) is 35.0 Å². The minimum Gasteiger partial charge on any atom is -0.352 e. The zero-order chi connectivity index (χ0) is 30.0. The highest BCUT2D eigenvalue weighted by Gasteiger charge is 2.42. The van der Waals surface area contributed by atoms with Gasteiger partial charge >= 0.3 is 6.18 Å². The molecule has 6 nitrogen and oxygen atoms in total. The maximum absolute atomic E-state index is 14.0. The SMILES string of the molecule is CCc1ccccc1NC(=O)CCN1C(=S)N[C@@H](c2ccccn2)[C@H]1c1cc(C)n(-c2ccccc2C(F)(F)F)c1C. The highest BCUT2D eigenvalue weighted by atomic mass is 32.1. The van der Waals surface area contributed by atoms with E-state index in [-0.39, 0.29) is 24.1 Å². The zero-order valence-corrected chi connectivity index (χ0v) is 24.4. The smallest absolute Gasteiger partial charge is 0.352 e. The number of nitrogens with one attached hydrogen (secondary N) is 2. The van der Waals surface area contributed by atoms with E-state index in [0.29, 0.717) is 23.0 Å². The molecule has 2 aromatic carbocycles. The summed E-state index contributed by atoms with van der Waals surface area (Å²) in [6.45, 7) is 5.95.